The topological polar surface area (TPSA) is 106 Å². The Balaban J connectivity index is 1.29. The molecule has 1 N–H and O–H groups in total. The van der Waals surface area contributed by atoms with Gasteiger partial charge in [-0.2, -0.15) is 15.1 Å². The van der Waals surface area contributed by atoms with Gasteiger partial charge in [0, 0.05) is 5.92 Å². The highest BCUT2D eigenvalue weighted by atomic mass is 127. The number of methoxy groups -OCH3 is 1. The van der Waals surface area contributed by atoms with E-state index in [1.54, 1.807) is 13.2 Å². The Morgan fingerprint density at radius 3 is 2.52 bits per heavy atom. The summed E-state index contributed by atoms with van der Waals surface area (Å²) in [6, 6.07) is 11.1. The molecular weight excluding hydrogens is 643 g/mol. The number of hydrazone groups is 1. The van der Waals surface area contributed by atoms with E-state index in [2.05, 4.69) is 27.6 Å². The first-order valence-electron chi connectivity index (χ1n) is 13.3. The molecule has 210 valence electrons. The third-order valence-corrected chi connectivity index (χ3v) is 8.60. The highest BCUT2D eigenvalue weighted by Crippen LogP contribution is 2.38. The van der Waals surface area contributed by atoms with E-state index < -0.39 is 5.91 Å². The number of aliphatic imine (C=N–C) groups is 1. The summed E-state index contributed by atoms with van der Waals surface area (Å²) in [5, 5.41) is 16.4. The summed E-state index contributed by atoms with van der Waals surface area (Å²) in [5.74, 6) is 2.63. The number of thioether (sulfide) groups is 1. The van der Waals surface area contributed by atoms with Crippen LogP contribution in [0.4, 0.5) is 0 Å². The van der Waals surface area contributed by atoms with Gasteiger partial charge >= 0.3 is 0 Å². The van der Waals surface area contributed by atoms with Crippen LogP contribution in [-0.2, 0) is 4.79 Å². The molecule has 1 amide bonds. The van der Waals surface area contributed by atoms with E-state index in [9.17, 15) is 4.79 Å². The van der Waals surface area contributed by atoms with Gasteiger partial charge in [-0.25, -0.2) is 0 Å². The van der Waals surface area contributed by atoms with Gasteiger partial charge in [-0.15, -0.1) is 0 Å². The standard InChI is InChI=1S/C29H31IN4O5S/c1-3-37-24-17-18(16-23(30)25(24)39-14-13-38-21-11-9-20(36-2)10-12-21)15-22-26(31)34-29(32-27(22)35)40-28(33-34)19-7-5-4-6-8-19/h9-12,15-17,19,31H,3-8,13-14H2,1-2H3/b22-15-,31-26?. The molecule has 11 heteroatoms. The van der Waals surface area contributed by atoms with Crippen LogP contribution in [0.5, 0.6) is 23.0 Å². The zero-order valence-electron chi connectivity index (χ0n) is 22.4. The quantitative estimate of drug-likeness (QED) is 0.178. The van der Waals surface area contributed by atoms with Crippen molar-refractivity contribution >= 4 is 62.4 Å². The lowest BCUT2D eigenvalue weighted by molar-refractivity contribution is -0.114. The maximum absolute atomic E-state index is 13.0. The Labute approximate surface area is 251 Å². The molecule has 2 aliphatic heterocycles. The monoisotopic (exact) mass is 674 g/mol. The van der Waals surface area contributed by atoms with Crippen LogP contribution in [0.25, 0.3) is 6.08 Å². The Morgan fingerprint density at radius 1 is 1.07 bits per heavy atom. The lowest BCUT2D eigenvalue weighted by Gasteiger charge is -2.20. The third-order valence-electron chi connectivity index (χ3n) is 6.73. The summed E-state index contributed by atoms with van der Waals surface area (Å²) in [6.45, 7) is 3.01. The van der Waals surface area contributed by atoms with E-state index in [1.165, 1.54) is 36.0 Å². The lowest BCUT2D eigenvalue weighted by Crippen LogP contribution is -2.35. The Morgan fingerprint density at radius 2 is 1.80 bits per heavy atom. The number of halogens is 1. The van der Waals surface area contributed by atoms with Crippen molar-refractivity contribution in [2.45, 2.75) is 39.0 Å². The molecule has 0 saturated heterocycles. The fourth-order valence-electron chi connectivity index (χ4n) is 4.74. The molecule has 0 unspecified atom stereocenters. The van der Waals surface area contributed by atoms with Crippen LogP contribution >= 0.6 is 34.4 Å². The minimum Gasteiger partial charge on any atom is -0.497 e. The first-order chi connectivity index (χ1) is 19.5. The first-order valence-corrected chi connectivity index (χ1v) is 15.2. The molecule has 5 rings (SSSR count). The number of nitrogens with one attached hydrogen (secondary N) is 1. The second kappa shape index (κ2) is 13.1. The minimum atomic E-state index is -0.437. The van der Waals surface area contributed by atoms with Gasteiger partial charge in [0.15, 0.2) is 17.3 Å². The number of nitrogens with zero attached hydrogens (tertiary/aromatic N) is 3. The average molecular weight is 675 g/mol. The number of amidine groups is 2. The molecule has 1 saturated carbocycles. The molecule has 1 aliphatic carbocycles. The molecule has 0 atom stereocenters. The number of carbonyl (C=O) groups excluding carboxylic acids is 1. The van der Waals surface area contributed by atoms with Gasteiger partial charge < -0.3 is 18.9 Å². The van der Waals surface area contributed by atoms with E-state index in [0.717, 1.165) is 33.0 Å². The number of hydrogen-bond donors (Lipinski definition) is 1. The summed E-state index contributed by atoms with van der Waals surface area (Å²) in [4.78, 5) is 17.2. The van der Waals surface area contributed by atoms with Crippen LogP contribution in [-0.4, -0.2) is 53.9 Å². The molecule has 1 fully saturated rings. The van der Waals surface area contributed by atoms with Crippen molar-refractivity contribution in [2.24, 2.45) is 16.0 Å². The van der Waals surface area contributed by atoms with Crippen molar-refractivity contribution in [1.82, 2.24) is 5.01 Å². The maximum Gasteiger partial charge on any atom is 0.283 e. The molecule has 2 aromatic rings. The fraction of sp³-hybridized carbons (Fsp3) is 0.379. The fourth-order valence-corrected chi connectivity index (χ4v) is 6.58. The van der Waals surface area contributed by atoms with Crippen molar-refractivity contribution in [1.29, 1.82) is 5.41 Å². The zero-order chi connectivity index (χ0) is 28.1. The van der Waals surface area contributed by atoms with E-state index in [4.69, 9.17) is 29.5 Å². The number of amides is 1. The molecule has 0 radical (unpaired) electrons. The highest BCUT2D eigenvalue weighted by Gasteiger charge is 2.38. The predicted molar refractivity (Wildman–Crippen MR) is 166 cm³/mol. The smallest absolute Gasteiger partial charge is 0.283 e. The summed E-state index contributed by atoms with van der Waals surface area (Å²) < 4.78 is 23.7. The van der Waals surface area contributed by atoms with Crippen LogP contribution in [0.2, 0.25) is 0 Å². The first kappa shape index (κ1) is 28.5. The van der Waals surface area contributed by atoms with E-state index in [1.807, 2.05) is 43.3 Å². The number of ether oxygens (including phenoxy) is 4. The lowest BCUT2D eigenvalue weighted by atomic mass is 9.90. The van der Waals surface area contributed by atoms with Crippen molar-refractivity contribution in [3.63, 3.8) is 0 Å². The Bertz CT molecular complexity index is 1370. The van der Waals surface area contributed by atoms with Gasteiger partial charge in [0.05, 0.1) is 22.9 Å². The van der Waals surface area contributed by atoms with Crippen molar-refractivity contribution in [2.75, 3.05) is 26.9 Å². The Kier molecular flexibility index (Phi) is 9.30. The normalized spacial score (nSPS) is 18.4. The molecular formula is C29H31IN4O5S. The van der Waals surface area contributed by atoms with Gasteiger partial charge in [-0.3, -0.25) is 10.2 Å². The van der Waals surface area contributed by atoms with Crippen LogP contribution in [0, 0.1) is 14.9 Å². The molecule has 3 aliphatic rings. The number of carbonyl (C=O) groups is 1. The highest BCUT2D eigenvalue weighted by molar-refractivity contribution is 14.1. The van der Waals surface area contributed by atoms with Gasteiger partial charge in [-0.1, -0.05) is 19.3 Å². The van der Waals surface area contributed by atoms with Crippen LogP contribution in [0.15, 0.2) is 52.1 Å². The maximum atomic E-state index is 13.0. The van der Waals surface area contributed by atoms with Crippen LogP contribution in [0.1, 0.15) is 44.6 Å². The Hall–Kier alpha value is -3.06. The SMILES string of the molecule is CCOc1cc(/C=C2/C(=N)N3N=C(C4CCCCC4)SC3=NC2=O)cc(I)c1OCCOc1ccc(OC)cc1. The zero-order valence-corrected chi connectivity index (χ0v) is 25.4. The third kappa shape index (κ3) is 6.46. The van der Waals surface area contributed by atoms with Crippen LogP contribution in [0.3, 0.4) is 0 Å². The van der Waals surface area contributed by atoms with E-state index >= 15 is 0 Å². The predicted octanol–water partition coefficient (Wildman–Crippen LogP) is 6.36. The average Bonchev–Trinajstić information content (AvgIpc) is 3.39. The van der Waals surface area contributed by atoms with Gasteiger partial charge in [-0.05, 0) is 102 Å². The van der Waals surface area contributed by atoms with Gasteiger partial charge in [0.1, 0.15) is 29.8 Å². The molecule has 40 heavy (non-hydrogen) atoms. The molecule has 0 bridgehead atoms. The summed E-state index contributed by atoms with van der Waals surface area (Å²) in [6.07, 6.45) is 7.49. The van der Waals surface area contributed by atoms with Crippen molar-refractivity contribution in [3.05, 3.63) is 51.1 Å². The number of benzene rings is 2. The molecule has 2 aromatic carbocycles. The van der Waals surface area contributed by atoms with Gasteiger partial charge in [0.2, 0.25) is 5.17 Å². The second-order valence-electron chi connectivity index (χ2n) is 9.43. The second-order valence-corrected chi connectivity index (χ2v) is 11.6. The minimum absolute atomic E-state index is 0.0392. The number of hydrogen-bond acceptors (Lipinski definition) is 8. The van der Waals surface area contributed by atoms with Gasteiger partial charge in [0.25, 0.3) is 5.91 Å². The molecule has 0 aromatic heterocycles. The molecule has 9 nitrogen and oxygen atoms in total. The van der Waals surface area contributed by atoms with E-state index in [-0.39, 0.29) is 11.4 Å². The largest absolute Gasteiger partial charge is 0.497 e. The number of fused-ring (bicyclic) bond motifs is 1. The molecule has 0 spiro atoms. The van der Waals surface area contributed by atoms with Crippen LogP contribution < -0.4 is 18.9 Å². The summed E-state index contributed by atoms with van der Waals surface area (Å²) >= 11 is 3.61. The van der Waals surface area contributed by atoms with E-state index in [0.29, 0.717) is 48.0 Å². The van der Waals surface area contributed by atoms with Crippen molar-refractivity contribution in [3.8, 4) is 23.0 Å². The van der Waals surface area contributed by atoms with Crippen molar-refractivity contribution < 1.29 is 23.7 Å². The summed E-state index contributed by atoms with van der Waals surface area (Å²) in [5.41, 5.74) is 0.905. The molecule has 2 heterocycles. The number of rotatable bonds is 10. The summed E-state index contributed by atoms with van der Waals surface area (Å²) in [7, 11) is 1.62.